The summed E-state index contributed by atoms with van der Waals surface area (Å²) in [6, 6.07) is 9.36. The highest BCUT2D eigenvalue weighted by molar-refractivity contribution is 9.10. The third kappa shape index (κ3) is 3.16. The van der Waals surface area contributed by atoms with E-state index in [9.17, 15) is 9.18 Å². The molecule has 0 bridgehead atoms. The van der Waals surface area contributed by atoms with Gasteiger partial charge < -0.3 is 0 Å². The van der Waals surface area contributed by atoms with Crippen LogP contribution in [0, 0.1) is 5.82 Å². The SMILES string of the molecule is O=C(Cc1c(F)cccc1Cl)c1cccc(Br)c1Cl. The molecule has 0 aliphatic carbocycles. The second-order valence-electron chi connectivity index (χ2n) is 3.90. The van der Waals surface area contributed by atoms with E-state index in [0.29, 0.717) is 15.1 Å². The molecule has 0 fully saturated rings. The van der Waals surface area contributed by atoms with Gasteiger partial charge in [0.1, 0.15) is 5.82 Å². The summed E-state index contributed by atoms with van der Waals surface area (Å²) in [6.07, 6.45) is -0.123. The van der Waals surface area contributed by atoms with E-state index in [1.165, 1.54) is 12.1 Å². The van der Waals surface area contributed by atoms with Crippen LogP contribution in [0.2, 0.25) is 10.0 Å². The van der Waals surface area contributed by atoms with Crippen LogP contribution in [0.25, 0.3) is 0 Å². The molecule has 0 aromatic heterocycles. The first-order chi connectivity index (χ1) is 9.00. The fraction of sp³-hybridized carbons (Fsp3) is 0.0714. The van der Waals surface area contributed by atoms with E-state index in [-0.39, 0.29) is 22.8 Å². The van der Waals surface area contributed by atoms with Crippen LogP contribution >= 0.6 is 39.1 Å². The molecule has 98 valence electrons. The molecule has 0 radical (unpaired) electrons. The minimum atomic E-state index is -0.494. The summed E-state index contributed by atoms with van der Waals surface area (Å²) in [4.78, 5) is 12.2. The third-order valence-corrected chi connectivity index (χ3v) is 4.30. The van der Waals surface area contributed by atoms with Gasteiger partial charge in [0.25, 0.3) is 0 Å². The Labute approximate surface area is 128 Å². The lowest BCUT2D eigenvalue weighted by Crippen LogP contribution is -2.06. The predicted molar refractivity (Wildman–Crippen MR) is 78.6 cm³/mol. The number of benzene rings is 2. The van der Waals surface area contributed by atoms with Gasteiger partial charge in [-0.2, -0.15) is 0 Å². The van der Waals surface area contributed by atoms with E-state index in [1.54, 1.807) is 24.3 Å². The summed E-state index contributed by atoms with van der Waals surface area (Å²) in [5.74, 6) is -0.773. The van der Waals surface area contributed by atoms with Gasteiger partial charge >= 0.3 is 0 Å². The van der Waals surface area contributed by atoms with E-state index in [2.05, 4.69) is 15.9 Å². The van der Waals surface area contributed by atoms with Gasteiger partial charge in [-0.1, -0.05) is 35.3 Å². The topological polar surface area (TPSA) is 17.1 Å². The molecule has 0 atom stereocenters. The van der Waals surface area contributed by atoms with E-state index >= 15 is 0 Å². The Bertz CT molecular complexity index is 623. The van der Waals surface area contributed by atoms with Crippen LogP contribution in [0.1, 0.15) is 15.9 Å². The summed E-state index contributed by atoms with van der Waals surface area (Å²) in [7, 11) is 0. The molecule has 0 saturated heterocycles. The monoisotopic (exact) mass is 360 g/mol. The van der Waals surface area contributed by atoms with E-state index in [0.717, 1.165) is 0 Å². The van der Waals surface area contributed by atoms with Gasteiger partial charge in [-0.25, -0.2) is 4.39 Å². The average Bonchev–Trinajstić information content (AvgIpc) is 2.37. The average molecular weight is 362 g/mol. The predicted octanol–water partition coefficient (Wildman–Crippen LogP) is 5.32. The van der Waals surface area contributed by atoms with Crippen LogP contribution in [0.4, 0.5) is 4.39 Å². The fourth-order valence-electron chi connectivity index (χ4n) is 1.68. The van der Waals surface area contributed by atoms with Crippen LogP contribution in [0.5, 0.6) is 0 Å². The molecule has 0 saturated carbocycles. The van der Waals surface area contributed by atoms with E-state index in [1.807, 2.05) is 0 Å². The van der Waals surface area contributed by atoms with Crippen LogP contribution < -0.4 is 0 Å². The van der Waals surface area contributed by atoms with Crippen molar-refractivity contribution in [2.24, 2.45) is 0 Å². The number of carbonyl (C=O) groups excluding carboxylic acids is 1. The molecule has 1 nitrogen and oxygen atoms in total. The van der Waals surface area contributed by atoms with Gasteiger partial charge in [-0.05, 0) is 40.2 Å². The molecular formula is C14H8BrCl2FO. The Morgan fingerprint density at radius 2 is 1.84 bits per heavy atom. The minimum absolute atomic E-state index is 0.123. The molecule has 0 spiro atoms. The number of Topliss-reactive ketones (excluding diaryl/α,β-unsaturated/α-hetero) is 1. The highest BCUT2D eigenvalue weighted by Crippen LogP contribution is 2.28. The number of halogens is 4. The fourth-order valence-corrected chi connectivity index (χ4v) is 2.50. The van der Waals surface area contributed by atoms with Crippen LogP contribution in [0.3, 0.4) is 0 Å². The third-order valence-electron chi connectivity index (χ3n) is 2.65. The summed E-state index contributed by atoms with van der Waals surface area (Å²) in [5.41, 5.74) is 0.528. The molecule has 0 heterocycles. The number of rotatable bonds is 3. The van der Waals surface area contributed by atoms with E-state index in [4.69, 9.17) is 23.2 Å². The van der Waals surface area contributed by atoms with Crippen molar-refractivity contribution in [3.63, 3.8) is 0 Å². The largest absolute Gasteiger partial charge is 0.294 e. The lowest BCUT2D eigenvalue weighted by Gasteiger charge is -2.07. The molecular weight excluding hydrogens is 354 g/mol. The molecule has 0 N–H and O–H groups in total. The quantitative estimate of drug-likeness (QED) is 0.676. The number of hydrogen-bond acceptors (Lipinski definition) is 1. The van der Waals surface area contributed by atoms with Crippen molar-refractivity contribution >= 4 is 44.9 Å². The zero-order valence-electron chi connectivity index (χ0n) is 9.59. The van der Waals surface area contributed by atoms with Crippen molar-refractivity contribution in [1.82, 2.24) is 0 Å². The maximum absolute atomic E-state index is 13.6. The van der Waals surface area contributed by atoms with Crippen molar-refractivity contribution in [2.75, 3.05) is 0 Å². The lowest BCUT2D eigenvalue weighted by atomic mass is 10.0. The molecule has 0 aliphatic heterocycles. The maximum Gasteiger partial charge on any atom is 0.168 e. The Hall–Kier alpha value is -0.900. The normalized spacial score (nSPS) is 10.5. The Morgan fingerprint density at radius 1 is 1.16 bits per heavy atom. The summed E-state index contributed by atoms with van der Waals surface area (Å²) >= 11 is 15.2. The smallest absolute Gasteiger partial charge is 0.168 e. The minimum Gasteiger partial charge on any atom is -0.294 e. The van der Waals surface area contributed by atoms with Crippen molar-refractivity contribution in [3.05, 3.63) is 67.9 Å². The number of hydrogen-bond donors (Lipinski definition) is 0. The second kappa shape index (κ2) is 6.04. The Balaban J connectivity index is 2.34. The highest BCUT2D eigenvalue weighted by atomic mass is 79.9. The maximum atomic E-state index is 13.6. The van der Waals surface area contributed by atoms with Gasteiger partial charge in [0.05, 0.1) is 5.02 Å². The second-order valence-corrected chi connectivity index (χ2v) is 5.54. The van der Waals surface area contributed by atoms with Crippen molar-refractivity contribution in [2.45, 2.75) is 6.42 Å². The van der Waals surface area contributed by atoms with Gasteiger partial charge in [0.2, 0.25) is 0 Å². The lowest BCUT2D eigenvalue weighted by molar-refractivity contribution is 0.0992. The van der Waals surface area contributed by atoms with Gasteiger partial charge in [-0.3, -0.25) is 4.79 Å². The molecule has 2 aromatic carbocycles. The first kappa shape index (κ1) is 14.5. The van der Waals surface area contributed by atoms with Crippen LogP contribution in [0.15, 0.2) is 40.9 Å². The number of carbonyl (C=O) groups is 1. The molecule has 0 amide bonds. The van der Waals surface area contributed by atoms with Crippen molar-refractivity contribution < 1.29 is 9.18 Å². The Morgan fingerprint density at radius 3 is 2.53 bits per heavy atom. The van der Waals surface area contributed by atoms with Gasteiger partial charge in [0, 0.05) is 27.0 Å². The first-order valence-corrected chi connectivity index (χ1v) is 6.95. The van der Waals surface area contributed by atoms with Gasteiger partial charge in [0.15, 0.2) is 5.78 Å². The van der Waals surface area contributed by atoms with Crippen LogP contribution in [-0.4, -0.2) is 5.78 Å². The summed E-state index contributed by atoms with van der Waals surface area (Å²) < 4.78 is 14.3. The molecule has 2 rings (SSSR count). The molecule has 2 aromatic rings. The molecule has 5 heteroatoms. The summed E-state index contributed by atoms with van der Waals surface area (Å²) in [6.45, 7) is 0. The van der Waals surface area contributed by atoms with Crippen LogP contribution in [-0.2, 0) is 6.42 Å². The number of ketones is 1. The Kier molecular flexibility index (Phi) is 4.61. The summed E-state index contributed by atoms with van der Waals surface area (Å²) in [5, 5.41) is 0.555. The van der Waals surface area contributed by atoms with Crippen molar-refractivity contribution in [1.29, 1.82) is 0 Å². The molecule has 19 heavy (non-hydrogen) atoms. The van der Waals surface area contributed by atoms with Crippen molar-refractivity contribution in [3.8, 4) is 0 Å². The van der Waals surface area contributed by atoms with E-state index < -0.39 is 5.82 Å². The first-order valence-electron chi connectivity index (χ1n) is 5.41. The standard InChI is InChI=1S/C14H8BrCl2FO/c15-10-4-1-3-8(14(10)17)13(19)7-9-11(16)5-2-6-12(9)18/h1-6H,7H2. The molecule has 0 aliphatic rings. The molecule has 0 unspecified atom stereocenters. The van der Waals surface area contributed by atoms with Gasteiger partial charge in [-0.15, -0.1) is 0 Å². The zero-order chi connectivity index (χ0) is 14.0. The zero-order valence-corrected chi connectivity index (χ0v) is 12.7. The highest BCUT2D eigenvalue weighted by Gasteiger charge is 2.16.